The minimum Gasteiger partial charge on any atom is -0.158 e. The van der Waals surface area contributed by atoms with Crippen molar-refractivity contribution < 1.29 is 0 Å². The van der Waals surface area contributed by atoms with E-state index in [0.29, 0.717) is 0 Å². The summed E-state index contributed by atoms with van der Waals surface area (Å²) in [6.45, 7) is 9.31. The lowest BCUT2D eigenvalue weighted by Gasteiger charge is -2.17. The lowest BCUT2D eigenvalue weighted by atomic mass is 9.89. The highest BCUT2D eigenvalue weighted by molar-refractivity contribution is 9.11. The van der Waals surface area contributed by atoms with Gasteiger partial charge in [-0.1, -0.05) is 374 Å². The Balaban J connectivity index is 1.25. The zero-order valence-corrected chi connectivity index (χ0v) is 60.6. The van der Waals surface area contributed by atoms with E-state index < -0.39 is 0 Å². The normalized spacial score (nSPS) is 12.7. The van der Waals surface area contributed by atoms with E-state index in [1.54, 1.807) is 0 Å². The molecule has 83 heavy (non-hydrogen) atoms. The first kappa shape index (κ1) is 74.9. The van der Waals surface area contributed by atoms with Gasteiger partial charge in [0.05, 0.1) is 29.7 Å². The fourth-order valence-corrected chi connectivity index (χ4v) is 18.3. The van der Waals surface area contributed by atoms with Gasteiger partial charge in [0, 0.05) is 20.5 Å². The molecule has 0 radical (unpaired) electrons. The molecule has 476 valence electrons. The Morgan fingerprint density at radius 3 is 0.711 bits per heavy atom. The molecule has 0 aliphatic carbocycles. The number of thiophene rings is 3. The number of hydrogen-bond donors (Lipinski definition) is 0. The minimum atomic E-state index is 0.766. The Morgan fingerprint density at radius 1 is 0.289 bits per heavy atom. The van der Waals surface area contributed by atoms with Crippen LogP contribution in [0.2, 0.25) is 0 Å². The number of aromatic nitrogens is 2. The van der Waals surface area contributed by atoms with E-state index in [-0.39, 0.29) is 0 Å². The smallest absolute Gasteiger partial charge is 0.0737 e. The maximum atomic E-state index is 4.49. The van der Waals surface area contributed by atoms with Gasteiger partial charge in [0.1, 0.15) is 0 Å². The van der Waals surface area contributed by atoms with Gasteiger partial charge in [0.2, 0.25) is 0 Å². The molecule has 4 aromatic heterocycles. The van der Waals surface area contributed by atoms with Crippen LogP contribution in [0.1, 0.15) is 386 Å². The number of hydrogen-bond acceptors (Lipinski definition) is 5. The first-order valence-corrected chi connectivity index (χ1v) is 40.8. The minimum absolute atomic E-state index is 0.766. The first-order valence-electron chi connectivity index (χ1n) is 36.8. The summed E-state index contributed by atoms with van der Waals surface area (Å²) < 4.78 is 2.67. The van der Waals surface area contributed by atoms with E-state index in [4.69, 9.17) is 0 Å². The number of unbranched alkanes of at least 4 members (excludes halogenated alkanes) is 46. The zero-order chi connectivity index (χ0) is 58.9. The van der Waals surface area contributed by atoms with Crippen molar-refractivity contribution in [1.82, 2.24) is 10.2 Å². The molecule has 0 aliphatic heterocycles. The monoisotopic (exact) mass is 1320 g/mol. The third-order valence-electron chi connectivity index (χ3n) is 18.8. The summed E-state index contributed by atoms with van der Waals surface area (Å²) in [4.78, 5) is 5.50. The Labute approximate surface area is 544 Å². The van der Waals surface area contributed by atoms with E-state index in [1.165, 1.54) is 409 Å². The largest absolute Gasteiger partial charge is 0.158 e. The van der Waals surface area contributed by atoms with Gasteiger partial charge in [-0.25, -0.2) is 0 Å². The average molecular weight is 1330 g/mol. The SMILES string of the molecule is CCCCCCCCCCCCCCCCCCCCCC(CCCCCCCC)Cc1cc(-c2sc(-c3cc(CC(CCCCCCCC)CCCCCCCCCCCCCCCCCCCCC)c(Br)s3)c3cnncc23)sc1Br. The molecule has 0 N–H and O–H groups in total. The van der Waals surface area contributed by atoms with Crippen molar-refractivity contribution in [2.24, 2.45) is 11.8 Å². The molecule has 7 heteroatoms. The van der Waals surface area contributed by atoms with Crippen LogP contribution in [0.15, 0.2) is 32.1 Å². The predicted octanol–water partition coefficient (Wildman–Crippen LogP) is 30.1. The van der Waals surface area contributed by atoms with Crippen molar-refractivity contribution in [3.05, 3.63) is 43.2 Å². The summed E-state index contributed by atoms with van der Waals surface area (Å²) >= 11 is 14.2. The maximum Gasteiger partial charge on any atom is 0.0737 e. The van der Waals surface area contributed by atoms with Crippen LogP contribution in [0.4, 0.5) is 0 Å². The zero-order valence-electron chi connectivity index (χ0n) is 54.9. The van der Waals surface area contributed by atoms with Crippen LogP contribution in [0.25, 0.3) is 30.3 Å². The van der Waals surface area contributed by atoms with E-state index in [0.717, 1.165) is 11.8 Å². The molecule has 0 saturated heterocycles. The van der Waals surface area contributed by atoms with Crippen LogP contribution in [0.3, 0.4) is 0 Å². The standard InChI is InChI=1S/C76H130Br2N2S3/c1-5-9-13-17-21-23-25-27-29-31-33-35-37-39-41-43-45-49-53-57-65(55-51-47-19-15-11-7-3)59-67-61-71(81-75(67)77)73-69-63-79-80-64-70(69)74(83-73)72-62-68(76(78)82-72)60-66(56-52-48-20-16-12-8-4)58-54-50-46-44-42-40-38-36-34-32-30-28-26-24-22-18-14-10-6-2/h61-66H,5-60H2,1-4H3. The Bertz CT molecular complexity index is 1930. The fourth-order valence-electron chi connectivity index (χ4n) is 13.3. The number of halogens is 2. The second kappa shape index (κ2) is 52.2. The molecule has 0 aromatic carbocycles. The fraction of sp³-hybridized carbons (Fsp3) is 0.816. The number of rotatable bonds is 60. The molecule has 0 aliphatic rings. The van der Waals surface area contributed by atoms with Crippen molar-refractivity contribution >= 4 is 76.6 Å². The molecule has 0 amide bonds. The van der Waals surface area contributed by atoms with E-state index in [9.17, 15) is 0 Å². The molecular weight excluding hydrogens is 1200 g/mol. The van der Waals surface area contributed by atoms with Crippen LogP contribution < -0.4 is 0 Å². The van der Waals surface area contributed by atoms with Gasteiger partial charge in [-0.05, 0) is 79.8 Å². The summed E-state index contributed by atoms with van der Waals surface area (Å²) in [6, 6.07) is 5.11. The highest BCUT2D eigenvalue weighted by atomic mass is 79.9. The lowest BCUT2D eigenvalue weighted by molar-refractivity contribution is 0.400. The third-order valence-corrected chi connectivity index (χ3v) is 24.3. The maximum absolute atomic E-state index is 4.49. The second-order valence-electron chi connectivity index (χ2n) is 26.5. The van der Waals surface area contributed by atoms with Gasteiger partial charge < -0.3 is 0 Å². The summed E-state index contributed by atoms with van der Waals surface area (Å²) in [6.07, 6.45) is 83.5. The summed E-state index contributed by atoms with van der Waals surface area (Å²) in [5.74, 6) is 1.53. The van der Waals surface area contributed by atoms with Crippen LogP contribution in [-0.4, -0.2) is 10.2 Å². The van der Waals surface area contributed by atoms with Crippen molar-refractivity contribution in [2.45, 2.75) is 387 Å². The van der Waals surface area contributed by atoms with Gasteiger partial charge in [-0.2, -0.15) is 10.2 Å². The molecule has 2 unspecified atom stereocenters. The highest BCUT2D eigenvalue weighted by Gasteiger charge is 2.23. The Kier molecular flexibility index (Phi) is 47.1. The number of nitrogens with zero attached hydrogens (tertiary/aromatic N) is 2. The van der Waals surface area contributed by atoms with Crippen molar-refractivity contribution in [3.63, 3.8) is 0 Å². The second-order valence-corrected chi connectivity index (χ2v) is 32.2. The molecule has 0 fully saturated rings. The summed E-state index contributed by atoms with van der Waals surface area (Å²) in [5.41, 5.74) is 3.04. The van der Waals surface area contributed by atoms with Crippen LogP contribution in [-0.2, 0) is 12.8 Å². The van der Waals surface area contributed by atoms with Crippen LogP contribution >= 0.6 is 65.9 Å². The van der Waals surface area contributed by atoms with Crippen molar-refractivity contribution in [1.29, 1.82) is 0 Å². The third kappa shape index (κ3) is 35.4. The topological polar surface area (TPSA) is 25.8 Å². The molecule has 4 rings (SSSR count). The quantitative estimate of drug-likeness (QED) is 0.0412. The van der Waals surface area contributed by atoms with Gasteiger partial charge in [0.15, 0.2) is 0 Å². The average Bonchev–Trinajstić information content (AvgIpc) is 3.07. The van der Waals surface area contributed by atoms with Gasteiger partial charge >= 0.3 is 0 Å². The van der Waals surface area contributed by atoms with E-state index in [2.05, 4.69) is 81.9 Å². The van der Waals surface area contributed by atoms with Crippen LogP contribution in [0.5, 0.6) is 0 Å². The van der Waals surface area contributed by atoms with Gasteiger partial charge in [-0.15, -0.1) is 34.0 Å². The first-order chi connectivity index (χ1) is 41.0. The molecule has 2 atom stereocenters. The lowest BCUT2D eigenvalue weighted by Crippen LogP contribution is -2.05. The Hall–Kier alpha value is -0.600. The predicted molar refractivity (Wildman–Crippen MR) is 386 cm³/mol. The van der Waals surface area contributed by atoms with Gasteiger partial charge in [-0.3, -0.25) is 0 Å². The molecule has 2 nitrogen and oxygen atoms in total. The molecule has 4 aromatic rings. The molecule has 0 saturated carbocycles. The summed E-state index contributed by atoms with van der Waals surface area (Å²) in [5, 5.41) is 11.5. The molecule has 4 heterocycles. The van der Waals surface area contributed by atoms with E-state index in [1.807, 2.05) is 46.4 Å². The molecule has 0 spiro atoms. The Morgan fingerprint density at radius 2 is 0.494 bits per heavy atom. The van der Waals surface area contributed by atoms with Crippen molar-refractivity contribution in [3.8, 4) is 19.5 Å². The van der Waals surface area contributed by atoms with Gasteiger partial charge in [0.25, 0.3) is 0 Å². The van der Waals surface area contributed by atoms with E-state index >= 15 is 0 Å². The highest BCUT2D eigenvalue weighted by Crippen LogP contribution is 2.50. The molecular formula is C76H130Br2N2S3. The van der Waals surface area contributed by atoms with Crippen LogP contribution in [0, 0.1) is 11.8 Å². The summed E-state index contributed by atoms with van der Waals surface area (Å²) in [7, 11) is 0. The molecule has 0 bridgehead atoms. The van der Waals surface area contributed by atoms with Crippen molar-refractivity contribution in [2.75, 3.05) is 0 Å². The number of fused-ring (bicyclic) bond motifs is 1.